The van der Waals surface area contributed by atoms with Gasteiger partial charge in [0.25, 0.3) is 0 Å². The molecule has 0 unspecified atom stereocenters. The maximum Gasteiger partial charge on any atom is 0.234 e. The first kappa shape index (κ1) is 16.0. The second-order valence-electron chi connectivity index (χ2n) is 6.34. The van der Waals surface area contributed by atoms with E-state index in [4.69, 9.17) is 0 Å². The summed E-state index contributed by atoms with van der Waals surface area (Å²) >= 11 is 1.46. The average Bonchev–Trinajstić information content (AvgIpc) is 3.34. The first-order valence-electron chi connectivity index (χ1n) is 8.32. The SMILES string of the molecule is Cc1nn2c(Cc3ccc4ncc(-c5cnn(C)c5)cc4c3F)nnc2s1. The van der Waals surface area contributed by atoms with E-state index in [1.807, 2.05) is 32.3 Å². The number of halogens is 1. The van der Waals surface area contributed by atoms with Crippen molar-refractivity contribution in [3.8, 4) is 11.1 Å². The molecule has 4 heterocycles. The van der Waals surface area contributed by atoms with Crippen LogP contribution >= 0.6 is 11.3 Å². The van der Waals surface area contributed by atoms with Gasteiger partial charge in [-0.3, -0.25) is 9.67 Å². The lowest BCUT2D eigenvalue weighted by atomic mass is 10.0. The Labute approximate surface area is 157 Å². The molecule has 0 radical (unpaired) electrons. The van der Waals surface area contributed by atoms with Crippen molar-refractivity contribution in [3.05, 3.63) is 59.0 Å². The van der Waals surface area contributed by atoms with Gasteiger partial charge in [0.2, 0.25) is 4.96 Å². The Balaban J connectivity index is 1.59. The second-order valence-corrected chi connectivity index (χ2v) is 7.50. The first-order chi connectivity index (χ1) is 13.1. The van der Waals surface area contributed by atoms with E-state index in [0.29, 0.717) is 33.7 Å². The summed E-state index contributed by atoms with van der Waals surface area (Å²) < 4.78 is 18.6. The van der Waals surface area contributed by atoms with Crippen LogP contribution in [0, 0.1) is 12.7 Å². The highest BCUT2D eigenvalue weighted by molar-refractivity contribution is 7.16. The third-order valence-corrected chi connectivity index (χ3v) is 5.24. The van der Waals surface area contributed by atoms with E-state index in [1.54, 1.807) is 27.7 Å². The van der Waals surface area contributed by atoms with Gasteiger partial charge in [0, 0.05) is 42.4 Å². The molecule has 7 nitrogen and oxygen atoms in total. The first-order valence-corrected chi connectivity index (χ1v) is 9.14. The molecule has 0 aliphatic rings. The molecule has 5 aromatic rings. The van der Waals surface area contributed by atoms with Crippen molar-refractivity contribution in [1.29, 1.82) is 0 Å². The van der Waals surface area contributed by atoms with Gasteiger partial charge in [-0.15, -0.1) is 10.2 Å². The van der Waals surface area contributed by atoms with Gasteiger partial charge in [0.05, 0.1) is 11.7 Å². The largest absolute Gasteiger partial charge is 0.275 e. The summed E-state index contributed by atoms with van der Waals surface area (Å²) in [6.45, 7) is 1.91. The third-order valence-electron chi connectivity index (χ3n) is 4.42. The molecule has 0 aliphatic heterocycles. The van der Waals surface area contributed by atoms with Gasteiger partial charge in [0.15, 0.2) is 5.82 Å². The van der Waals surface area contributed by atoms with E-state index in [1.165, 1.54) is 11.3 Å². The highest BCUT2D eigenvalue weighted by Crippen LogP contribution is 2.27. The summed E-state index contributed by atoms with van der Waals surface area (Å²) in [6.07, 6.45) is 5.66. The zero-order valence-corrected chi connectivity index (χ0v) is 15.4. The van der Waals surface area contributed by atoms with Crippen LogP contribution in [0.2, 0.25) is 0 Å². The number of nitrogens with zero attached hydrogens (tertiary/aromatic N) is 7. The van der Waals surface area contributed by atoms with Crippen molar-refractivity contribution >= 4 is 27.2 Å². The normalized spacial score (nSPS) is 11.7. The summed E-state index contributed by atoms with van der Waals surface area (Å²) in [7, 11) is 1.84. The van der Waals surface area contributed by atoms with Crippen LogP contribution in [-0.4, -0.2) is 34.6 Å². The molecule has 0 saturated carbocycles. The van der Waals surface area contributed by atoms with Crippen LogP contribution < -0.4 is 0 Å². The molecule has 0 bridgehead atoms. The number of aromatic nitrogens is 7. The number of benzene rings is 1. The van der Waals surface area contributed by atoms with Crippen molar-refractivity contribution in [2.24, 2.45) is 7.05 Å². The summed E-state index contributed by atoms with van der Waals surface area (Å²) in [5.74, 6) is 0.318. The van der Waals surface area contributed by atoms with Crippen molar-refractivity contribution < 1.29 is 4.39 Å². The summed E-state index contributed by atoms with van der Waals surface area (Å²) in [5, 5.41) is 18.2. The highest BCUT2D eigenvalue weighted by atomic mass is 32.1. The predicted octanol–water partition coefficient (Wildman–Crippen LogP) is 3.17. The number of pyridine rings is 1. The highest BCUT2D eigenvalue weighted by Gasteiger charge is 2.15. The minimum absolute atomic E-state index is 0.297. The smallest absolute Gasteiger partial charge is 0.234 e. The van der Waals surface area contributed by atoms with Crippen LogP contribution in [0.5, 0.6) is 0 Å². The minimum atomic E-state index is -0.297. The molecule has 0 saturated heterocycles. The maximum atomic E-state index is 15.2. The van der Waals surface area contributed by atoms with Crippen LogP contribution in [0.3, 0.4) is 0 Å². The molecule has 0 fully saturated rings. The van der Waals surface area contributed by atoms with E-state index in [2.05, 4.69) is 25.4 Å². The van der Waals surface area contributed by atoms with E-state index < -0.39 is 0 Å². The zero-order chi connectivity index (χ0) is 18.5. The Morgan fingerprint density at radius 2 is 2.04 bits per heavy atom. The van der Waals surface area contributed by atoms with Crippen molar-refractivity contribution in [2.45, 2.75) is 13.3 Å². The molecule has 0 atom stereocenters. The quantitative estimate of drug-likeness (QED) is 0.481. The molecular formula is C18H14FN7S. The number of fused-ring (bicyclic) bond motifs is 2. The second kappa shape index (κ2) is 5.92. The molecule has 5 rings (SSSR count). The van der Waals surface area contributed by atoms with E-state index in [0.717, 1.165) is 16.1 Å². The topological polar surface area (TPSA) is 73.8 Å². The lowest BCUT2D eigenvalue weighted by molar-refractivity contribution is 0.622. The van der Waals surface area contributed by atoms with Crippen LogP contribution in [-0.2, 0) is 13.5 Å². The van der Waals surface area contributed by atoms with Crippen LogP contribution in [0.25, 0.3) is 27.0 Å². The summed E-state index contributed by atoms with van der Waals surface area (Å²) in [6, 6.07) is 5.38. The van der Waals surface area contributed by atoms with Crippen molar-refractivity contribution in [3.63, 3.8) is 0 Å². The van der Waals surface area contributed by atoms with E-state index >= 15 is 4.39 Å². The lowest BCUT2D eigenvalue weighted by Crippen LogP contribution is -2.01. The van der Waals surface area contributed by atoms with Gasteiger partial charge < -0.3 is 0 Å². The minimum Gasteiger partial charge on any atom is -0.275 e. The van der Waals surface area contributed by atoms with Gasteiger partial charge in [-0.25, -0.2) is 4.39 Å². The zero-order valence-electron chi connectivity index (χ0n) is 14.6. The van der Waals surface area contributed by atoms with Crippen LogP contribution in [0.1, 0.15) is 16.4 Å². The molecule has 0 spiro atoms. The average molecular weight is 379 g/mol. The maximum absolute atomic E-state index is 15.2. The van der Waals surface area contributed by atoms with Crippen molar-refractivity contribution in [2.75, 3.05) is 0 Å². The molecular weight excluding hydrogens is 365 g/mol. The van der Waals surface area contributed by atoms with Gasteiger partial charge in [0.1, 0.15) is 10.8 Å². The van der Waals surface area contributed by atoms with Crippen LogP contribution in [0.4, 0.5) is 4.39 Å². The molecule has 9 heteroatoms. The van der Waals surface area contributed by atoms with Gasteiger partial charge in [-0.05, 0) is 24.6 Å². The van der Waals surface area contributed by atoms with Gasteiger partial charge in [-0.1, -0.05) is 17.4 Å². The number of hydrogen-bond acceptors (Lipinski definition) is 6. The molecule has 0 N–H and O–H groups in total. The Bertz CT molecular complexity index is 1300. The fourth-order valence-corrected chi connectivity index (χ4v) is 3.81. The molecule has 134 valence electrons. The molecule has 0 aliphatic carbocycles. The van der Waals surface area contributed by atoms with Gasteiger partial charge >= 0.3 is 0 Å². The number of rotatable bonds is 3. The summed E-state index contributed by atoms with van der Waals surface area (Å²) in [5.41, 5.74) is 2.87. The van der Waals surface area contributed by atoms with Gasteiger partial charge in [-0.2, -0.15) is 14.7 Å². The molecule has 27 heavy (non-hydrogen) atoms. The Hall–Kier alpha value is -3.20. The standard InChI is InChI=1S/C18H14FN7S/c1-10-24-26-16(22-23-18(26)27-10)6-11-3-4-15-14(17(11)19)5-12(7-20-15)13-8-21-25(2)9-13/h3-5,7-9H,6H2,1-2H3. The Kier molecular flexibility index (Phi) is 3.51. The number of hydrogen-bond donors (Lipinski definition) is 0. The monoisotopic (exact) mass is 379 g/mol. The number of aryl methyl sites for hydroxylation is 2. The molecule has 0 amide bonds. The molecule has 1 aromatic carbocycles. The Morgan fingerprint density at radius 3 is 2.85 bits per heavy atom. The third kappa shape index (κ3) is 2.67. The van der Waals surface area contributed by atoms with E-state index in [-0.39, 0.29) is 5.82 Å². The van der Waals surface area contributed by atoms with Crippen LogP contribution in [0.15, 0.2) is 36.8 Å². The summed E-state index contributed by atoms with van der Waals surface area (Å²) in [4.78, 5) is 5.11. The van der Waals surface area contributed by atoms with Crippen molar-refractivity contribution in [1.82, 2.24) is 34.6 Å². The lowest BCUT2D eigenvalue weighted by Gasteiger charge is -2.07. The fraction of sp³-hybridized carbons (Fsp3) is 0.167. The molecule has 4 aromatic heterocycles. The predicted molar refractivity (Wildman–Crippen MR) is 100 cm³/mol. The Morgan fingerprint density at radius 1 is 1.15 bits per heavy atom. The fourth-order valence-electron chi connectivity index (χ4n) is 3.11. The van der Waals surface area contributed by atoms with E-state index in [9.17, 15) is 0 Å².